The van der Waals surface area contributed by atoms with Crippen LogP contribution in [0.1, 0.15) is 98.8 Å². The van der Waals surface area contributed by atoms with Crippen molar-refractivity contribution < 1.29 is 28.8 Å². The topological polar surface area (TPSA) is 206 Å². The summed E-state index contributed by atoms with van der Waals surface area (Å²) < 4.78 is 0. The predicted molar refractivity (Wildman–Crippen MR) is 170 cm³/mol. The molecular weight excluding hydrogens is 590 g/mol. The molecule has 0 aromatic carbocycles. The number of nitrogens with zero attached hydrogens (tertiary/aromatic N) is 1. The van der Waals surface area contributed by atoms with Crippen molar-refractivity contribution in [2.75, 3.05) is 19.6 Å². The molecule has 1 heterocycles. The molecule has 5 rings (SSSR count). The van der Waals surface area contributed by atoms with Crippen LogP contribution in [0, 0.1) is 27.6 Å². The third-order valence-corrected chi connectivity index (χ3v) is 12.6. The van der Waals surface area contributed by atoms with Gasteiger partial charge in [-0.2, -0.15) is 0 Å². The molecule has 5 aliphatic rings. The van der Waals surface area contributed by atoms with Gasteiger partial charge in [0.25, 0.3) is 5.91 Å². The van der Waals surface area contributed by atoms with Crippen molar-refractivity contribution >= 4 is 35.4 Å². The molecule has 46 heavy (non-hydrogen) atoms. The molecule has 1 unspecified atom stereocenters. The number of nitrogens with one attached hydrogen (secondary N) is 4. The van der Waals surface area contributed by atoms with Crippen LogP contribution >= 0.6 is 0 Å². The summed E-state index contributed by atoms with van der Waals surface area (Å²) in [5.41, 5.74) is 9.84. The predicted octanol–water partition coefficient (Wildman–Crippen LogP) is 0.835. The molecule has 0 bridgehead atoms. The van der Waals surface area contributed by atoms with Gasteiger partial charge in [-0.25, -0.2) is 4.79 Å². The molecule has 256 valence electrons. The Morgan fingerprint density at radius 1 is 0.913 bits per heavy atom. The number of urea groups is 1. The number of primary amides is 1. The lowest BCUT2D eigenvalue weighted by atomic mass is 9.73. The zero-order valence-electron chi connectivity index (χ0n) is 28.1. The largest absolute Gasteiger partial charge is 0.363 e. The van der Waals surface area contributed by atoms with Crippen LogP contribution in [-0.4, -0.2) is 83.6 Å². The second-order valence-electron chi connectivity index (χ2n) is 16.3. The van der Waals surface area contributed by atoms with E-state index < -0.39 is 58.6 Å². The maximum absolute atomic E-state index is 13.9. The number of fused-ring (bicyclic) bond motifs is 1. The quantitative estimate of drug-likeness (QED) is 0.169. The van der Waals surface area contributed by atoms with Gasteiger partial charge >= 0.3 is 6.03 Å². The van der Waals surface area contributed by atoms with Crippen molar-refractivity contribution in [2.24, 2.45) is 39.0 Å². The minimum Gasteiger partial charge on any atom is -0.363 e. The van der Waals surface area contributed by atoms with Crippen LogP contribution in [0.25, 0.3) is 0 Å². The molecule has 5 fully saturated rings. The molecule has 1 saturated heterocycles. The van der Waals surface area contributed by atoms with Gasteiger partial charge in [0.05, 0.1) is 24.2 Å². The number of likely N-dealkylation sites (tertiary alicyclic amines) is 1. The van der Waals surface area contributed by atoms with Crippen LogP contribution in [0.4, 0.5) is 4.79 Å². The Kier molecular flexibility index (Phi) is 8.74. The Bertz CT molecular complexity index is 1300. The average Bonchev–Trinajstić information content (AvgIpc) is 3.68. The molecule has 0 radical (unpaired) electrons. The van der Waals surface area contributed by atoms with Crippen LogP contribution in [0.15, 0.2) is 0 Å². The van der Waals surface area contributed by atoms with E-state index in [0.29, 0.717) is 32.2 Å². The summed E-state index contributed by atoms with van der Waals surface area (Å²) in [5, 5.41) is 11.2. The monoisotopic (exact) mass is 643 g/mol. The molecule has 1 aliphatic heterocycles. The Labute approximate surface area is 271 Å². The molecule has 6 amide bonds. The van der Waals surface area contributed by atoms with E-state index in [0.717, 1.165) is 38.5 Å². The molecule has 4 aliphatic carbocycles. The lowest BCUT2D eigenvalue weighted by Crippen LogP contribution is -2.57. The van der Waals surface area contributed by atoms with Crippen LogP contribution in [0.3, 0.4) is 0 Å². The number of amides is 6. The van der Waals surface area contributed by atoms with E-state index in [-0.39, 0.29) is 41.2 Å². The number of Topliss-reactive ketones (excluding diaryl/α,β-unsaturated/α-hetero) is 1. The fourth-order valence-electron chi connectivity index (χ4n) is 8.60. The van der Waals surface area contributed by atoms with Gasteiger partial charge in [-0.3, -0.25) is 24.0 Å². The first kappa shape index (κ1) is 34.1. The van der Waals surface area contributed by atoms with Crippen LogP contribution in [0.5, 0.6) is 0 Å². The van der Waals surface area contributed by atoms with Crippen LogP contribution in [-0.2, 0) is 24.0 Å². The van der Waals surface area contributed by atoms with Gasteiger partial charge in [0, 0.05) is 18.5 Å². The third-order valence-electron chi connectivity index (χ3n) is 12.6. The number of hydrogen-bond donors (Lipinski definition) is 6. The first-order valence-corrected chi connectivity index (χ1v) is 16.9. The highest BCUT2D eigenvalue weighted by Gasteiger charge is 2.85. The Morgan fingerprint density at radius 3 is 2.04 bits per heavy atom. The first-order chi connectivity index (χ1) is 21.4. The van der Waals surface area contributed by atoms with Gasteiger partial charge in [-0.1, -0.05) is 60.3 Å². The Balaban J connectivity index is 1.25. The number of rotatable bonds is 12. The lowest BCUT2D eigenvalue weighted by molar-refractivity contribution is -0.141. The second kappa shape index (κ2) is 11.8. The highest BCUT2D eigenvalue weighted by atomic mass is 16.2. The third kappa shape index (κ3) is 5.88. The summed E-state index contributed by atoms with van der Waals surface area (Å²) in [6.07, 6.45) is 8.15. The average molecular weight is 644 g/mol. The molecule has 4 atom stereocenters. The zero-order chi connectivity index (χ0) is 33.9. The van der Waals surface area contributed by atoms with E-state index in [2.05, 4.69) is 35.1 Å². The smallest absolute Gasteiger partial charge is 0.315 e. The number of ketones is 1. The summed E-state index contributed by atoms with van der Waals surface area (Å²) in [7, 11) is 0. The van der Waals surface area contributed by atoms with Crippen molar-refractivity contribution in [3.63, 3.8) is 0 Å². The van der Waals surface area contributed by atoms with Gasteiger partial charge in [-0.05, 0) is 60.7 Å². The number of carbonyl (C=O) groups is 6. The number of nitrogens with two attached hydrogens (primary N) is 2. The SMILES string of the molecule is CC(C)(C)[C@@H](CNC(=O)C1(N)CC1)NC(=O)NCC(=O)N1C[C@]2(C[C@H]1C(=O)NC(CC1CCC1)C(=O)C(N)=O)C(C)(C)C21CCC1. The minimum absolute atomic E-state index is 0.0552. The highest BCUT2D eigenvalue weighted by molar-refractivity contribution is 6.37. The first-order valence-electron chi connectivity index (χ1n) is 16.9. The Morgan fingerprint density at radius 2 is 1.57 bits per heavy atom. The molecule has 13 nitrogen and oxygen atoms in total. The minimum atomic E-state index is -1.09. The van der Waals surface area contributed by atoms with Crippen LogP contribution < -0.4 is 32.7 Å². The van der Waals surface area contributed by atoms with Crippen LogP contribution in [0.2, 0.25) is 0 Å². The van der Waals surface area contributed by atoms with Gasteiger partial charge in [0.1, 0.15) is 6.04 Å². The van der Waals surface area contributed by atoms with Crippen molar-refractivity contribution in [3.05, 3.63) is 0 Å². The summed E-state index contributed by atoms with van der Waals surface area (Å²) in [4.78, 5) is 79.1. The van der Waals surface area contributed by atoms with Crippen molar-refractivity contribution in [2.45, 2.75) is 122 Å². The van der Waals surface area contributed by atoms with Crippen molar-refractivity contribution in [1.29, 1.82) is 0 Å². The summed E-state index contributed by atoms with van der Waals surface area (Å²) in [6.45, 7) is 10.5. The maximum atomic E-state index is 13.9. The lowest BCUT2D eigenvalue weighted by Gasteiger charge is -2.32. The van der Waals surface area contributed by atoms with E-state index in [4.69, 9.17) is 11.5 Å². The van der Waals surface area contributed by atoms with E-state index in [9.17, 15) is 28.8 Å². The number of carbonyl (C=O) groups excluding carboxylic acids is 6. The fraction of sp³-hybridized carbons (Fsp3) is 0.818. The standard InChI is InChI=1S/C33H53N7O6/c1-29(2,3)22(16-36-27(45)31(35)12-13-31)39-28(46)37-17-23(41)40-18-33(30(4,5)32(33)10-7-11-32)15-21(40)26(44)38-20(24(42)25(34)43)14-19-8-6-9-19/h19-22H,6-18,35H2,1-5H3,(H2,34,43)(H,36,45)(H,38,44)(H2,37,39,46)/t20?,21-,22+,33+/m0/s1. The molecule has 0 aromatic heterocycles. The highest BCUT2D eigenvalue weighted by Crippen LogP contribution is 2.88. The second-order valence-corrected chi connectivity index (χ2v) is 16.3. The molecule has 8 N–H and O–H groups in total. The summed E-state index contributed by atoms with van der Waals surface area (Å²) >= 11 is 0. The Hall–Kier alpha value is -3.22. The molecule has 13 heteroatoms. The zero-order valence-corrected chi connectivity index (χ0v) is 28.1. The summed E-state index contributed by atoms with van der Waals surface area (Å²) in [5.74, 6) is -2.79. The molecule has 4 saturated carbocycles. The normalized spacial score (nSPS) is 27.9. The van der Waals surface area contributed by atoms with Crippen molar-refractivity contribution in [1.82, 2.24) is 26.2 Å². The molecular formula is C33H53N7O6. The van der Waals surface area contributed by atoms with Gasteiger partial charge in [0.2, 0.25) is 23.5 Å². The van der Waals surface area contributed by atoms with Gasteiger partial charge in [0.15, 0.2) is 0 Å². The van der Waals surface area contributed by atoms with E-state index in [1.54, 1.807) is 4.90 Å². The molecule has 0 aromatic rings. The van der Waals surface area contributed by atoms with Gasteiger partial charge in [-0.15, -0.1) is 0 Å². The van der Waals surface area contributed by atoms with E-state index >= 15 is 0 Å². The van der Waals surface area contributed by atoms with E-state index in [1.807, 2.05) is 20.8 Å². The molecule has 2 spiro atoms. The van der Waals surface area contributed by atoms with E-state index in [1.165, 1.54) is 0 Å². The van der Waals surface area contributed by atoms with Gasteiger partial charge < -0.3 is 37.6 Å². The summed E-state index contributed by atoms with van der Waals surface area (Å²) in [6, 6.07) is -2.88. The fourth-order valence-corrected chi connectivity index (χ4v) is 8.60. The van der Waals surface area contributed by atoms with Crippen molar-refractivity contribution in [3.8, 4) is 0 Å². The number of hydrogen-bond acceptors (Lipinski definition) is 7. The maximum Gasteiger partial charge on any atom is 0.315 e.